The molecule has 2 N–H and O–H groups in total. The lowest BCUT2D eigenvalue weighted by molar-refractivity contribution is 0.292. The van der Waals surface area contributed by atoms with Crippen LogP contribution in [0.1, 0.15) is 19.4 Å². The molecular formula is C15H23N3. The molecule has 2 rings (SSSR count). The maximum absolute atomic E-state index is 5.67. The van der Waals surface area contributed by atoms with Gasteiger partial charge in [0.05, 0.1) is 0 Å². The number of likely N-dealkylation sites (N-methyl/N-ethyl adjacent to an activating group) is 1. The van der Waals surface area contributed by atoms with Crippen molar-refractivity contribution in [2.75, 3.05) is 19.6 Å². The molecule has 0 aliphatic heterocycles. The lowest BCUT2D eigenvalue weighted by Crippen LogP contribution is -2.26. The molecule has 2 aromatic rings. The summed E-state index contributed by atoms with van der Waals surface area (Å²) in [7, 11) is 0. The zero-order chi connectivity index (χ0) is 13.0. The highest BCUT2D eigenvalue weighted by Gasteiger charge is 2.03. The highest BCUT2D eigenvalue weighted by atomic mass is 15.1. The first-order valence-electron chi connectivity index (χ1n) is 6.78. The number of nitrogens with zero attached hydrogens (tertiary/aromatic N) is 2. The van der Waals surface area contributed by atoms with Gasteiger partial charge >= 0.3 is 0 Å². The van der Waals surface area contributed by atoms with Crippen LogP contribution in [0.4, 0.5) is 0 Å². The summed E-state index contributed by atoms with van der Waals surface area (Å²) in [5, 5.41) is 1.29. The minimum atomic E-state index is 0.612. The number of fused-ring (bicyclic) bond motifs is 1. The van der Waals surface area contributed by atoms with E-state index in [0.717, 1.165) is 26.2 Å². The Morgan fingerprint density at radius 3 is 2.61 bits per heavy atom. The van der Waals surface area contributed by atoms with E-state index in [-0.39, 0.29) is 0 Å². The maximum Gasteiger partial charge on any atom is 0.0480 e. The van der Waals surface area contributed by atoms with Crippen LogP contribution in [0.15, 0.2) is 30.5 Å². The van der Waals surface area contributed by atoms with Gasteiger partial charge in [0.15, 0.2) is 0 Å². The number of nitrogens with two attached hydrogens (primary N) is 1. The van der Waals surface area contributed by atoms with Crippen molar-refractivity contribution in [1.82, 2.24) is 9.47 Å². The molecule has 3 heteroatoms. The first-order chi connectivity index (χ1) is 8.78. The highest BCUT2D eigenvalue weighted by molar-refractivity contribution is 5.80. The predicted molar refractivity (Wildman–Crippen MR) is 77.6 cm³/mol. The minimum Gasteiger partial charge on any atom is -0.346 e. The molecule has 1 heterocycles. The normalized spacial score (nSPS) is 11.6. The van der Waals surface area contributed by atoms with Gasteiger partial charge in [-0.15, -0.1) is 0 Å². The van der Waals surface area contributed by atoms with Crippen molar-refractivity contribution in [1.29, 1.82) is 0 Å². The van der Waals surface area contributed by atoms with Gasteiger partial charge in [-0.05, 0) is 42.2 Å². The number of benzene rings is 1. The molecule has 0 aliphatic rings. The predicted octanol–water partition coefficient (Wildman–Crippen LogP) is 2.44. The van der Waals surface area contributed by atoms with Crippen molar-refractivity contribution in [2.24, 2.45) is 5.73 Å². The fourth-order valence-electron chi connectivity index (χ4n) is 2.36. The molecule has 0 spiro atoms. The molecule has 3 nitrogen and oxygen atoms in total. The summed E-state index contributed by atoms with van der Waals surface area (Å²) in [5.41, 5.74) is 8.17. The van der Waals surface area contributed by atoms with E-state index >= 15 is 0 Å². The van der Waals surface area contributed by atoms with Crippen LogP contribution in [0, 0.1) is 0 Å². The third-order valence-corrected chi connectivity index (χ3v) is 3.62. The van der Waals surface area contributed by atoms with Crippen LogP contribution >= 0.6 is 0 Å². The van der Waals surface area contributed by atoms with Crippen LogP contribution in [-0.4, -0.2) is 29.1 Å². The van der Waals surface area contributed by atoms with Gasteiger partial charge in [-0.1, -0.05) is 19.9 Å². The molecule has 0 aliphatic carbocycles. The third-order valence-electron chi connectivity index (χ3n) is 3.62. The fourth-order valence-corrected chi connectivity index (χ4v) is 2.36. The molecular weight excluding hydrogens is 222 g/mol. The zero-order valence-corrected chi connectivity index (χ0v) is 11.4. The Labute approximate surface area is 109 Å². The first kappa shape index (κ1) is 13.1. The molecule has 0 amide bonds. The number of hydrogen-bond donors (Lipinski definition) is 1. The van der Waals surface area contributed by atoms with Gasteiger partial charge in [0, 0.05) is 31.3 Å². The van der Waals surface area contributed by atoms with Crippen LogP contribution in [0.3, 0.4) is 0 Å². The van der Waals surface area contributed by atoms with Crippen LogP contribution in [0.2, 0.25) is 0 Å². The monoisotopic (exact) mass is 245 g/mol. The molecule has 0 fully saturated rings. The summed E-state index contributed by atoms with van der Waals surface area (Å²) >= 11 is 0. The van der Waals surface area contributed by atoms with Crippen LogP contribution in [0.5, 0.6) is 0 Å². The molecule has 0 radical (unpaired) electrons. The molecule has 0 saturated heterocycles. The number of aromatic nitrogens is 1. The van der Waals surface area contributed by atoms with Gasteiger partial charge in [0.25, 0.3) is 0 Å². The molecule has 0 atom stereocenters. The largest absolute Gasteiger partial charge is 0.346 e. The Bertz CT molecular complexity index is 497. The van der Waals surface area contributed by atoms with E-state index in [1.807, 2.05) is 0 Å². The van der Waals surface area contributed by atoms with Crippen molar-refractivity contribution in [3.05, 3.63) is 36.0 Å². The lowest BCUT2D eigenvalue weighted by atomic mass is 10.1. The molecule has 0 bridgehead atoms. The maximum atomic E-state index is 5.67. The second-order valence-electron chi connectivity index (χ2n) is 4.63. The smallest absolute Gasteiger partial charge is 0.0480 e. The Balaban J connectivity index is 2.14. The second-order valence-corrected chi connectivity index (χ2v) is 4.63. The number of rotatable bonds is 6. The summed E-state index contributed by atoms with van der Waals surface area (Å²) in [6.45, 7) is 9.43. The molecule has 18 heavy (non-hydrogen) atoms. The Morgan fingerprint density at radius 1 is 1.17 bits per heavy atom. The Kier molecular flexibility index (Phi) is 4.39. The SMILES string of the molecule is CCN(CC)CCn1ccc2cc(CN)ccc21. The van der Waals surface area contributed by atoms with E-state index in [2.05, 4.69) is 53.8 Å². The van der Waals surface area contributed by atoms with Crippen LogP contribution < -0.4 is 5.73 Å². The molecule has 1 aromatic heterocycles. The van der Waals surface area contributed by atoms with E-state index in [1.165, 1.54) is 16.5 Å². The van der Waals surface area contributed by atoms with E-state index in [9.17, 15) is 0 Å². The minimum absolute atomic E-state index is 0.612. The number of hydrogen-bond acceptors (Lipinski definition) is 2. The van der Waals surface area contributed by atoms with Crippen LogP contribution in [0.25, 0.3) is 10.9 Å². The summed E-state index contributed by atoms with van der Waals surface area (Å²) in [4.78, 5) is 2.44. The average molecular weight is 245 g/mol. The van der Waals surface area contributed by atoms with Gasteiger partial charge < -0.3 is 15.2 Å². The third kappa shape index (κ3) is 2.74. The topological polar surface area (TPSA) is 34.2 Å². The molecule has 0 saturated carbocycles. The first-order valence-corrected chi connectivity index (χ1v) is 6.78. The van der Waals surface area contributed by atoms with Crippen molar-refractivity contribution in [3.63, 3.8) is 0 Å². The van der Waals surface area contributed by atoms with Gasteiger partial charge in [-0.2, -0.15) is 0 Å². The van der Waals surface area contributed by atoms with Crippen molar-refractivity contribution in [2.45, 2.75) is 26.9 Å². The quantitative estimate of drug-likeness (QED) is 0.848. The van der Waals surface area contributed by atoms with Gasteiger partial charge in [0.2, 0.25) is 0 Å². The standard InChI is InChI=1S/C15H23N3/c1-3-17(4-2)9-10-18-8-7-14-11-13(12-16)5-6-15(14)18/h5-8,11H,3-4,9-10,12,16H2,1-2H3. The highest BCUT2D eigenvalue weighted by Crippen LogP contribution is 2.17. The fraction of sp³-hybridized carbons (Fsp3) is 0.467. The summed E-state index contributed by atoms with van der Waals surface area (Å²) in [5.74, 6) is 0. The second kappa shape index (κ2) is 6.03. The molecule has 98 valence electrons. The summed E-state index contributed by atoms with van der Waals surface area (Å²) in [6.07, 6.45) is 2.18. The van der Waals surface area contributed by atoms with Gasteiger partial charge in [0.1, 0.15) is 0 Å². The van der Waals surface area contributed by atoms with E-state index in [1.54, 1.807) is 0 Å². The van der Waals surface area contributed by atoms with Crippen molar-refractivity contribution >= 4 is 10.9 Å². The zero-order valence-electron chi connectivity index (χ0n) is 11.4. The lowest BCUT2D eigenvalue weighted by Gasteiger charge is -2.18. The van der Waals surface area contributed by atoms with Crippen molar-refractivity contribution < 1.29 is 0 Å². The van der Waals surface area contributed by atoms with Crippen LogP contribution in [-0.2, 0) is 13.1 Å². The van der Waals surface area contributed by atoms with Gasteiger partial charge in [-0.3, -0.25) is 0 Å². The van der Waals surface area contributed by atoms with E-state index < -0.39 is 0 Å². The van der Waals surface area contributed by atoms with Gasteiger partial charge in [-0.25, -0.2) is 0 Å². The summed E-state index contributed by atoms with van der Waals surface area (Å²) in [6, 6.07) is 8.66. The van der Waals surface area contributed by atoms with E-state index in [4.69, 9.17) is 5.73 Å². The van der Waals surface area contributed by atoms with E-state index in [0.29, 0.717) is 6.54 Å². The Morgan fingerprint density at radius 2 is 1.94 bits per heavy atom. The average Bonchev–Trinajstić information content (AvgIpc) is 2.82. The molecule has 1 aromatic carbocycles. The van der Waals surface area contributed by atoms with Crippen molar-refractivity contribution in [3.8, 4) is 0 Å². The Hall–Kier alpha value is -1.32. The summed E-state index contributed by atoms with van der Waals surface area (Å²) < 4.78 is 2.33. The molecule has 0 unspecified atom stereocenters.